The first kappa shape index (κ1) is 17.7. The lowest BCUT2D eigenvalue weighted by molar-refractivity contribution is -0.136. The number of ether oxygens (including phenoxy) is 3. The van der Waals surface area contributed by atoms with Gasteiger partial charge in [-0.2, -0.15) is 0 Å². The predicted molar refractivity (Wildman–Crippen MR) is 91.0 cm³/mol. The maximum Gasteiger partial charge on any atom is 0.303 e. The van der Waals surface area contributed by atoms with E-state index in [2.05, 4.69) is 0 Å². The van der Waals surface area contributed by atoms with Crippen LogP contribution in [0.5, 0.6) is 17.2 Å². The van der Waals surface area contributed by atoms with Crippen LogP contribution in [0.1, 0.15) is 18.4 Å². The molecule has 2 aromatic rings. The van der Waals surface area contributed by atoms with Crippen LogP contribution >= 0.6 is 0 Å². The third kappa shape index (κ3) is 5.83. The molecule has 0 saturated heterocycles. The third-order valence-electron chi connectivity index (χ3n) is 3.44. The Balaban J connectivity index is 1.77. The molecule has 2 aromatic carbocycles. The molecule has 0 radical (unpaired) electrons. The van der Waals surface area contributed by atoms with Gasteiger partial charge in [-0.15, -0.1) is 0 Å². The zero-order valence-electron chi connectivity index (χ0n) is 13.7. The highest BCUT2D eigenvalue weighted by Crippen LogP contribution is 2.26. The number of rotatable bonds is 10. The molecule has 0 aromatic heterocycles. The SMILES string of the molecule is COc1cc(OCCCOc2ccccc2)ccc1CCC(=O)O. The predicted octanol–water partition coefficient (Wildman–Crippen LogP) is 3.56. The summed E-state index contributed by atoms with van der Waals surface area (Å²) in [5.74, 6) is 1.37. The standard InChI is InChI=1S/C19H22O5/c1-22-18-14-17(10-8-15(18)9-11-19(20)21)24-13-5-12-23-16-6-3-2-4-7-16/h2-4,6-8,10,14H,5,9,11-13H2,1H3,(H,20,21). The summed E-state index contributed by atoms with van der Waals surface area (Å²) in [6, 6.07) is 15.1. The monoisotopic (exact) mass is 330 g/mol. The molecule has 0 amide bonds. The molecule has 24 heavy (non-hydrogen) atoms. The van der Waals surface area contributed by atoms with Gasteiger partial charge in [0.15, 0.2) is 0 Å². The number of carbonyl (C=O) groups is 1. The minimum atomic E-state index is -0.823. The van der Waals surface area contributed by atoms with Crippen molar-refractivity contribution < 1.29 is 24.1 Å². The second kappa shape index (κ2) is 9.45. The van der Waals surface area contributed by atoms with Crippen LogP contribution in [-0.4, -0.2) is 31.4 Å². The quantitative estimate of drug-likeness (QED) is 0.675. The van der Waals surface area contributed by atoms with E-state index in [0.717, 1.165) is 17.7 Å². The minimum Gasteiger partial charge on any atom is -0.496 e. The van der Waals surface area contributed by atoms with Crippen molar-refractivity contribution in [3.63, 3.8) is 0 Å². The van der Waals surface area contributed by atoms with E-state index in [1.54, 1.807) is 13.2 Å². The molecule has 2 rings (SSSR count). The Morgan fingerprint density at radius 2 is 1.71 bits per heavy atom. The van der Waals surface area contributed by atoms with Gasteiger partial charge in [-0.05, 0) is 30.2 Å². The van der Waals surface area contributed by atoms with Crippen molar-refractivity contribution >= 4 is 5.97 Å². The number of hydrogen-bond acceptors (Lipinski definition) is 4. The van der Waals surface area contributed by atoms with Crippen LogP contribution in [0.3, 0.4) is 0 Å². The van der Waals surface area contributed by atoms with E-state index < -0.39 is 5.97 Å². The molecule has 0 bridgehead atoms. The number of hydrogen-bond donors (Lipinski definition) is 1. The number of aryl methyl sites for hydroxylation is 1. The lowest BCUT2D eigenvalue weighted by atomic mass is 10.1. The van der Waals surface area contributed by atoms with Gasteiger partial charge in [-0.1, -0.05) is 24.3 Å². The highest BCUT2D eigenvalue weighted by molar-refractivity contribution is 5.67. The number of aliphatic carboxylic acids is 1. The number of carboxylic acid groups (broad SMARTS) is 1. The fraction of sp³-hybridized carbons (Fsp3) is 0.316. The van der Waals surface area contributed by atoms with Gasteiger partial charge in [0, 0.05) is 18.9 Å². The van der Waals surface area contributed by atoms with Crippen LogP contribution in [0.15, 0.2) is 48.5 Å². The van der Waals surface area contributed by atoms with Gasteiger partial charge in [0.2, 0.25) is 0 Å². The molecular formula is C19H22O5. The number of methoxy groups -OCH3 is 1. The second-order valence-electron chi connectivity index (χ2n) is 5.23. The van der Waals surface area contributed by atoms with Crippen molar-refractivity contribution in [3.05, 3.63) is 54.1 Å². The summed E-state index contributed by atoms with van der Waals surface area (Å²) in [7, 11) is 1.57. The van der Waals surface area contributed by atoms with E-state index in [1.165, 1.54) is 0 Å². The van der Waals surface area contributed by atoms with Crippen molar-refractivity contribution in [2.75, 3.05) is 20.3 Å². The molecular weight excluding hydrogens is 308 g/mol. The summed E-state index contributed by atoms with van der Waals surface area (Å²) in [4.78, 5) is 10.7. The lowest BCUT2D eigenvalue weighted by Gasteiger charge is -2.12. The Hall–Kier alpha value is -2.69. The maximum absolute atomic E-state index is 10.7. The van der Waals surface area contributed by atoms with E-state index in [9.17, 15) is 4.79 Å². The topological polar surface area (TPSA) is 65.0 Å². The van der Waals surface area contributed by atoms with Crippen LogP contribution in [0.25, 0.3) is 0 Å². The van der Waals surface area contributed by atoms with E-state index in [-0.39, 0.29) is 6.42 Å². The molecule has 0 aliphatic carbocycles. The van der Waals surface area contributed by atoms with Crippen molar-refractivity contribution in [2.24, 2.45) is 0 Å². The van der Waals surface area contributed by atoms with Crippen LogP contribution in [-0.2, 0) is 11.2 Å². The van der Waals surface area contributed by atoms with Crippen molar-refractivity contribution in [1.82, 2.24) is 0 Å². The van der Waals surface area contributed by atoms with Crippen LogP contribution in [0, 0.1) is 0 Å². The number of benzene rings is 2. The molecule has 128 valence electrons. The molecule has 0 saturated carbocycles. The van der Waals surface area contributed by atoms with Crippen LogP contribution in [0.4, 0.5) is 0 Å². The van der Waals surface area contributed by atoms with Gasteiger partial charge in [0.05, 0.1) is 20.3 Å². The first-order chi connectivity index (χ1) is 11.7. The first-order valence-electron chi connectivity index (χ1n) is 7.88. The number of carboxylic acids is 1. The smallest absolute Gasteiger partial charge is 0.303 e. The molecule has 0 atom stereocenters. The van der Waals surface area contributed by atoms with Crippen molar-refractivity contribution in [2.45, 2.75) is 19.3 Å². The lowest BCUT2D eigenvalue weighted by Crippen LogP contribution is -2.05. The molecule has 0 heterocycles. The molecule has 0 aliphatic heterocycles. The highest BCUT2D eigenvalue weighted by Gasteiger charge is 2.07. The zero-order valence-corrected chi connectivity index (χ0v) is 13.7. The summed E-state index contributed by atoms with van der Waals surface area (Å²) in [6.07, 6.45) is 1.27. The second-order valence-corrected chi connectivity index (χ2v) is 5.23. The average molecular weight is 330 g/mol. The molecule has 5 nitrogen and oxygen atoms in total. The van der Waals surface area contributed by atoms with Crippen molar-refractivity contribution in [3.8, 4) is 17.2 Å². The van der Waals surface area contributed by atoms with Gasteiger partial charge in [-0.3, -0.25) is 4.79 Å². The Morgan fingerprint density at radius 1 is 1.00 bits per heavy atom. The van der Waals surface area contributed by atoms with Crippen molar-refractivity contribution in [1.29, 1.82) is 0 Å². The zero-order chi connectivity index (χ0) is 17.2. The van der Waals surface area contributed by atoms with Crippen LogP contribution < -0.4 is 14.2 Å². The fourth-order valence-electron chi connectivity index (χ4n) is 2.22. The molecule has 0 aliphatic rings. The minimum absolute atomic E-state index is 0.0768. The molecule has 5 heteroatoms. The van der Waals surface area contributed by atoms with E-state index in [4.69, 9.17) is 19.3 Å². The Labute approximate surface area is 141 Å². The summed E-state index contributed by atoms with van der Waals surface area (Å²) in [6.45, 7) is 1.11. The number of para-hydroxylation sites is 1. The Morgan fingerprint density at radius 3 is 2.38 bits per heavy atom. The largest absolute Gasteiger partial charge is 0.496 e. The van der Waals surface area contributed by atoms with Gasteiger partial charge >= 0.3 is 5.97 Å². The highest BCUT2D eigenvalue weighted by atomic mass is 16.5. The van der Waals surface area contributed by atoms with Gasteiger partial charge in [0.1, 0.15) is 17.2 Å². The Kier molecular flexibility index (Phi) is 6.95. The van der Waals surface area contributed by atoms with E-state index >= 15 is 0 Å². The summed E-state index contributed by atoms with van der Waals surface area (Å²) >= 11 is 0. The van der Waals surface area contributed by atoms with Gasteiger partial charge in [0.25, 0.3) is 0 Å². The van der Waals surface area contributed by atoms with E-state index in [1.807, 2.05) is 42.5 Å². The molecule has 1 N–H and O–H groups in total. The summed E-state index contributed by atoms with van der Waals surface area (Å²) < 4.78 is 16.6. The molecule has 0 fully saturated rings. The van der Waals surface area contributed by atoms with E-state index in [0.29, 0.717) is 31.1 Å². The molecule has 0 unspecified atom stereocenters. The fourth-order valence-corrected chi connectivity index (χ4v) is 2.22. The average Bonchev–Trinajstić information content (AvgIpc) is 2.60. The Bertz CT molecular complexity index is 639. The first-order valence-corrected chi connectivity index (χ1v) is 7.88. The van der Waals surface area contributed by atoms with Gasteiger partial charge < -0.3 is 19.3 Å². The molecule has 0 spiro atoms. The summed E-state index contributed by atoms with van der Waals surface area (Å²) in [5, 5.41) is 8.76. The maximum atomic E-state index is 10.7. The normalized spacial score (nSPS) is 10.2. The summed E-state index contributed by atoms with van der Waals surface area (Å²) in [5.41, 5.74) is 0.861. The van der Waals surface area contributed by atoms with Gasteiger partial charge in [-0.25, -0.2) is 0 Å². The third-order valence-corrected chi connectivity index (χ3v) is 3.44. The van der Waals surface area contributed by atoms with Crippen LogP contribution in [0.2, 0.25) is 0 Å².